The molecule has 0 aliphatic heterocycles. The van der Waals surface area contributed by atoms with Crippen LogP contribution in [0.25, 0.3) is 0 Å². The normalized spacial score (nSPS) is 9.89. The Labute approximate surface area is 113 Å². The summed E-state index contributed by atoms with van der Waals surface area (Å²) in [5.41, 5.74) is 0.952. The minimum absolute atomic E-state index is 0.105. The van der Waals surface area contributed by atoms with Crippen LogP contribution < -0.4 is 0 Å². The van der Waals surface area contributed by atoms with Crippen LogP contribution in [0.15, 0.2) is 40.5 Å². The Bertz CT molecular complexity index is 682. The van der Waals surface area contributed by atoms with E-state index < -0.39 is 4.92 Å². The van der Waals surface area contributed by atoms with E-state index in [4.69, 9.17) is 5.26 Å². The number of non-ortho nitro benzene ring substituents is 1. The van der Waals surface area contributed by atoms with Crippen molar-refractivity contribution in [1.82, 2.24) is 9.97 Å². The predicted octanol–water partition coefficient (Wildman–Crippen LogP) is 2.72. The van der Waals surface area contributed by atoms with E-state index in [-0.39, 0.29) is 11.3 Å². The third kappa shape index (κ3) is 3.05. The number of nitro groups is 1. The number of nitrogens with zero attached hydrogens (tertiary/aromatic N) is 4. The van der Waals surface area contributed by atoms with Crippen LogP contribution in [-0.4, -0.2) is 14.9 Å². The third-order valence-corrected chi connectivity index (χ3v) is 3.22. The summed E-state index contributed by atoms with van der Waals surface area (Å²) in [6, 6.07) is 7.86. The molecule has 94 valence electrons. The second-order valence-corrected chi connectivity index (χ2v) is 4.64. The first-order valence-corrected chi connectivity index (χ1v) is 6.08. The minimum Gasteiger partial charge on any atom is -0.258 e. The van der Waals surface area contributed by atoms with E-state index in [1.165, 1.54) is 30.0 Å². The molecule has 0 bridgehead atoms. The molecule has 19 heavy (non-hydrogen) atoms. The zero-order valence-corrected chi connectivity index (χ0v) is 10.7. The summed E-state index contributed by atoms with van der Waals surface area (Å²) in [5, 5.41) is 20.2. The van der Waals surface area contributed by atoms with E-state index in [1.807, 2.05) is 13.0 Å². The standard InChI is InChI=1S/C12H8N4O2S/c1-8-4-5-14-12(15-8)19-11-3-2-10(16(17)18)6-9(11)7-13/h2-6H,1H3. The van der Waals surface area contributed by atoms with Crippen LogP contribution in [0.2, 0.25) is 0 Å². The monoisotopic (exact) mass is 272 g/mol. The van der Waals surface area contributed by atoms with Crippen molar-refractivity contribution in [2.75, 3.05) is 0 Å². The number of aryl methyl sites for hydroxylation is 1. The predicted molar refractivity (Wildman–Crippen MR) is 68.7 cm³/mol. The molecule has 1 heterocycles. The van der Waals surface area contributed by atoms with Gasteiger partial charge in [-0.25, -0.2) is 9.97 Å². The number of nitro benzene ring substituents is 1. The van der Waals surface area contributed by atoms with Gasteiger partial charge in [0.15, 0.2) is 5.16 Å². The third-order valence-electron chi connectivity index (χ3n) is 2.27. The Hall–Kier alpha value is -2.46. The first kappa shape index (κ1) is 13.0. The molecule has 0 saturated carbocycles. The van der Waals surface area contributed by atoms with E-state index in [0.717, 1.165) is 5.69 Å². The molecule has 0 atom stereocenters. The smallest absolute Gasteiger partial charge is 0.258 e. The van der Waals surface area contributed by atoms with Crippen molar-refractivity contribution in [3.05, 3.63) is 51.8 Å². The van der Waals surface area contributed by atoms with Crippen molar-refractivity contribution in [3.63, 3.8) is 0 Å². The molecule has 1 aromatic carbocycles. The number of aromatic nitrogens is 2. The van der Waals surface area contributed by atoms with Crippen LogP contribution in [-0.2, 0) is 0 Å². The SMILES string of the molecule is Cc1ccnc(Sc2ccc([N+](=O)[O-])cc2C#N)n1. The van der Waals surface area contributed by atoms with Gasteiger partial charge in [-0.05, 0) is 30.8 Å². The van der Waals surface area contributed by atoms with Crippen molar-refractivity contribution in [2.45, 2.75) is 17.0 Å². The maximum atomic E-state index is 10.6. The lowest BCUT2D eigenvalue weighted by Gasteiger charge is -2.03. The van der Waals surface area contributed by atoms with Gasteiger partial charge in [0.25, 0.3) is 5.69 Å². The van der Waals surface area contributed by atoms with Gasteiger partial charge in [-0.15, -0.1) is 0 Å². The molecule has 6 nitrogen and oxygen atoms in total. The minimum atomic E-state index is -0.529. The molecule has 2 aromatic rings. The summed E-state index contributed by atoms with van der Waals surface area (Å²) in [5.74, 6) is 0. The van der Waals surface area contributed by atoms with Crippen LogP contribution in [0.5, 0.6) is 0 Å². The van der Waals surface area contributed by atoms with Gasteiger partial charge in [0.1, 0.15) is 6.07 Å². The van der Waals surface area contributed by atoms with Gasteiger partial charge in [-0.1, -0.05) is 0 Å². The molecule has 0 N–H and O–H groups in total. The van der Waals surface area contributed by atoms with E-state index in [2.05, 4.69) is 9.97 Å². The maximum Gasteiger partial charge on any atom is 0.270 e. The molecule has 0 fully saturated rings. The molecule has 0 amide bonds. The lowest BCUT2D eigenvalue weighted by atomic mass is 10.2. The topological polar surface area (TPSA) is 92.7 Å². The zero-order chi connectivity index (χ0) is 13.8. The fourth-order valence-electron chi connectivity index (χ4n) is 1.38. The van der Waals surface area contributed by atoms with Crippen LogP contribution in [0.1, 0.15) is 11.3 Å². The number of rotatable bonds is 3. The quantitative estimate of drug-likeness (QED) is 0.484. The molecular formula is C12H8N4O2S. The average molecular weight is 272 g/mol. The van der Waals surface area contributed by atoms with Crippen molar-refractivity contribution >= 4 is 17.4 Å². The molecule has 0 saturated heterocycles. The fourth-order valence-corrected chi connectivity index (χ4v) is 2.23. The first-order chi connectivity index (χ1) is 9.10. The summed E-state index contributed by atoms with van der Waals surface area (Å²) in [7, 11) is 0. The molecule has 0 aliphatic carbocycles. The largest absolute Gasteiger partial charge is 0.270 e. The fraction of sp³-hybridized carbons (Fsp3) is 0.0833. The lowest BCUT2D eigenvalue weighted by Crippen LogP contribution is -1.92. The second-order valence-electron chi connectivity index (χ2n) is 3.63. The van der Waals surface area contributed by atoms with Crippen LogP contribution in [0.3, 0.4) is 0 Å². The van der Waals surface area contributed by atoms with Gasteiger partial charge in [-0.3, -0.25) is 10.1 Å². The Morgan fingerprint density at radius 3 is 2.84 bits per heavy atom. The van der Waals surface area contributed by atoms with Gasteiger partial charge in [-0.2, -0.15) is 5.26 Å². The van der Waals surface area contributed by atoms with Crippen molar-refractivity contribution < 1.29 is 4.92 Å². The molecule has 0 radical (unpaired) electrons. The molecule has 0 unspecified atom stereocenters. The maximum absolute atomic E-state index is 10.6. The molecule has 0 aliphatic rings. The number of nitriles is 1. The van der Waals surface area contributed by atoms with Crippen LogP contribution >= 0.6 is 11.8 Å². The number of hydrogen-bond donors (Lipinski definition) is 0. The van der Waals surface area contributed by atoms with Gasteiger partial charge in [0.2, 0.25) is 0 Å². The average Bonchev–Trinajstić information content (AvgIpc) is 2.39. The highest BCUT2D eigenvalue weighted by atomic mass is 32.2. The van der Waals surface area contributed by atoms with E-state index in [9.17, 15) is 10.1 Å². The molecule has 1 aromatic heterocycles. The summed E-state index contributed by atoms with van der Waals surface area (Å²) in [6.07, 6.45) is 1.63. The Morgan fingerprint density at radius 2 is 2.21 bits per heavy atom. The van der Waals surface area contributed by atoms with E-state index in [1.54, 1.807) is 12.3 Å². The molecule has 7 heteroatoms. The number of hydrogen-bond acceptors (Lipinski definition) is 6. The lowest BCUT2D eigenvalue weighted by molar-refractivity contribution is -0.384. The summed E-state index contributed by atoms with van der Waals surface area (Å²) >= 11 is 1.21. The highest BCUT2D eigenvalue weighted by Crippen LogP contribution is 2.30. The second kappa shape index (κ2) is 5.46. The van der Waals surface area contributed by atoms with E-state index in [0.29, 0.717) is 10.1 Å². The van der Waals surface area contributed by atoms with Crippen molar-refractivity contribution in [3.8, 4) is 6.07 Å². The number of benzene rings is 1. The summed E-state index contributed by atoms with van der Waals surface area (Å²) < 4.78 is 0. The molecule has 0 spiro atoms. The Balaban J connectivity index is 2.36. The van der Waals surface area contributed by atoms with Gasteiger partial charge < -0.3 is 0 Å². The molecular weight excluding hydrogens is 264 g/mol. The van der Waals surface area contributed by atoms with Crippen molar-refractivity contribution in [2.24, 2.45) is 0 Å². The van der Waals surface area contributed by atoms with Crippen LogP contribution in [0, 0.1) is 28.4 Å². The van der Waals surface area contributed by atoms with Crippen LogP contribution in [0.4, 0.5) is 5.69 Å². The molecule has 2 rings (SSSR count). The Kier molecular flexibility index (Phi) is 3.73. The zero-order valence-electron chi connectivity index (χ0n) is 9.90. The van der Waals surface area contributed by atoms with Gasteiger partial charge in [0.05, 0.1) is 10.5 Å². The Morgan fingerprint density at radius 1 is 1.42 bits per heavy atom. The first-order valence-electron chi connectivity index (χ1n) is 5.26. The van der Waals surface area contributed by atoms with Gasteiger partial charge in [0, 0.05) is 28.9 Å². The summed E-state index contributed by atoms with van der Waals surface area (Å²) in [6.45, 7) is 1.84. The summed E-state index contributed by atoms with van der Waals surface area (Å²) in [4.78, 5) is 19.0. The highest BCUT2D eigenvalue weighted by Gasteiger charge is 2.12. The van der Waals surface area contributed by atoms with E-state index >= 15 is 0 Å². The van der Waals surface area contributed by atoms with Crippen molar-refractivity contribution in [1.29, 1.82) is 5.26 Å². The van der Waals surface area contributed by atoms with Gasteiger partial charge >= 0.3 is 0 Å². The highest BCUT2D eigenvalue weighted by molar-refractivity contribution is 7.99.